The normalized spacial score (nSPS) is 11.7. The van der Waals surface area contributed by atoms with Crippen LogP contribution in [0.15, 0.2) is 156 Å². The lowest BCUT2D eigenvalue weighted by Gasteiger charge is -2.18. The van der Waals surface area contributed by atoms with E-state index < -0.39 is 0 Å². The predicted molar refractivity (Wildman–Crippen MR) is 180 cm³/mol. The van der Waals surface area contributed by atoms with Gasteiger partial charge in [0, 0.05) is 10.9 Å². The van der Waals surface area contributed by atoms with E-state index in [2.05, 4.69) is 121 Å². The topological polar surface area (TPSA) is 26.0 Å². The zero-order valence-electron chi connectivity index (χ0n) is 23.3. The van der Waals surface area contributed by atoms with Gasteiger partial charge < -0.3 is 4.42 Å². The van der Waals surface area contributed by atoms with Gasteiger partial charge in [0.05, 0.1) is 0 Å². The van der Waals surface area contributed by atoms with Crippen molar-refractivity contribution in [2.45, 2.75) is 0 Å². The molecule has 8 aromatic carbocycles. The lowest BCUT2D eigenvalue weighted by Crippen LogP contribution is -1.91. The van der Waals surface area contributed by atoms with Crippen LogP contribution in [0.25, 0.3) is 87.9 Å². The summed E-state index contributed by atoms with van der Waals surface area (Å²) in [6, 6.07) is 53.9. The average molecular weight is 548 g/mol. The SMILES string of the molecule is c1ccc(-c2nc3ccc4ccc5ccc(-c6c7ccccc7c(-c7ccccc7)c7ccccc67)cc5c4c3o2)cc1. The summed E-state index contributed by atoms with van der Waals surface area (Å²) in [7, 11) is 0. The first-order valence-corrected chi connectivity index (χ1v) is 14.6. The Morgan fingerprint density at radius 2 is 0.907 bits per heavy atom. The molecule has 0 N–H and O–H groups in total. The Morgan fingerprint density at radius 1 is 0.395 bits per heavy atom. The third-order valence-corrected chi connectivity index (χ3v) is 8.66. The maximum absolute atomic E-state index is 6.52. The van der Waals surface area contributed by atoms with Crippen LogP contribution < -0.4 is 0 Å². The zero-order chi connectivity index (χ0) is 28.3. The van der Waals surface area contributed by atoms with Gasteiger partial charge in [0.25, 0.3) is 0 Å². The molecule has 0 aliphatic heterocycles. The van der Waals surface area contributed by atoms with E-state index in [0.717, 1.165) is 32.8 Å². The molecular formula is C41H25NO. The standard InChI is InChI=1S/C41H25NO/c1-3-11-27(12-4-1)37-31-15-7-9-17-33(31)38(34-18-10-8-16-32(34)37)30-22-20-26-19-21-28-23-24-36-40(39(28)35(26)25-30)43-41(42-36)29-13-5-2-6-14-29/h1-25H. The van der Waals surface area contributed by atoms with Gasteiger partial charge in [-0.05, 0) is 84.2 Å². The highest BCUT2D eigenvalue weighted by Crippen LogP contribution is 2.45. The minimum absolute atomic E-state index is 0.643. The van der Waals surface area contributed by atoms with Gasteiger partial charge in [0.1, 0.15) is 5.52 Å². The number of fused-ring (bicyclic) bond motifs is 7. The molecule has 0 saturated heterocycles. The molecule has 0 aliphatic rings. The molecule has 0 fully saturated rings. The number of hydrogen-bond donors (Lipinski definition) is 0. The quantitative estimate of drug-likeness (QED) is 0.162. The highest BCUT2D eigenvalue weighted by Gasteiger charge is 2.18. The van der Waals surface area contributed by atoms with Crippen LogP contribution >= 0.6 is 0 Å². The number of oxazole rings is 1. The molecule has 0 aliphatic carbocycles. The van der Waals surface area contributed by atoms with Crippen molar-refractivity contribution in [2.75, 3.05) is 0 Å². The van der Waals surface area contributed by atoms with Crippen LogP contribution in [-0.2, 0) is 0 Å². The summed E-state index contributed by atoms with van der Waals surface area (Å²) >= 11 is 0. The van der Waals surface area contributed by atoms with Crippen LogP contribution in [0.4, 0.5) is 0 Å². The van der Waals surface area contributed by atoms with Crippen LogP contribution in [0.5, 0.6) is 0 Å². The minimum atomic E-state index is 0.643. The van der Waals surface area contributed by atoms with Crippen molar-refractivity contribution in [3.63, 3.8) is 0 Å². The molecule has 1 heterocycles. The molecule has 2 nitrogen and oxygen atoms in total. The number of aromatic nitrogens is 1. The van der Waals surface area contributed by atoms with Crippen molar-refractivity contribution in [1.29, 1.82) is 0 Å². The Balaban J connectivity index is 1.37. The third kappa shape index (κ3) is 3.70. The Kier molecular flexibility index (Phi) is 5.23. The maximum atomic E-state index is 6.52. The van der Waals surface area contributed by atoms with Crippen molar-refractivity contribution in [3.05, 3.63) is 152 Å². The number of nitrogens with zero attached hydrogens (tertiary/aromatic N) is 1. The first kappa shape index (κ1) is 23.9. The van der Waals surface area contributed by atoms with Crippen molar-refractivity contribution < 1.29 is 4.42 Å². The molecule has 0 bridgehead atoms. The fourth-order valence-electron chi connectivity index (χ4n) is 6.74. The molecule has 0 radical (unpaired) electrons. The zero-order valence-corrected chi connectivity index (χ0v) is 23.3. The number of hydrogen-bond acceptors (Lipinski definition) is 2. The molecule has 0 spiro atoms. The van der Waals surface area contributed by atoms with Gasteiger partial charge in [-0.2, -0.15) is 0 Å². The molecule has 200 valence electrons. The summed E-state index contributed by atoms with van der Waals surface area (Å²) in [5, 5.41) is 9.58. The molecule has 1 aromatic heterocycles. The van der Waals surface area contributed by atoms with E-state index in [0.29, 0.717) is 5.89 Å². The lowest BCUT2D eigenvalue weighted by atomic mass is 9.85. The van der Waals surface area contributed by atoms with E-state index in [1.165, 1.54) is 49.2 Å². The van der Waals surface area contributed by atoms with Gasteiger partial charge in [-0.25, -0.2) is 4.98 Å². The highest BCUT2D eigenvalue weighted by atomic mass is 16.3. The first-order valence-electron chi connectivity index (χ1n) is 14.6. The largest absolute Gasteiger partial charge is 0.435 e. The maximum Gasteiger partial charge on any atom is 0.227 e. The van der Waals surface area contributed by atoms with Crippen LogP contribution in [0, 0.1) is 0 Å². The van der Waals surface area contributed by atoms with Gasteiger partial charge in [0.15, 0.2) is 5.58 Å². The predicted octanol–water partition coefficient (Wildman–Crippen LogP) is 11.4. The lowest BCUT2D eigenvalue weighted by molar-refractivity contribution is 0.623. The third-order valence-electron chi connectivity index (χ3n) is 8.66. The minimum Gasteiger partial charge on any atom is -0.435 e. The van der Waals surface area contributed by atoms with E-state index >= 15 is 0 Å². The van der Waals surface area contributed by atoms with Crippen LogP contribution in [-0.4, -0.2) is 4.98 Å². The van der Waals surface area contributed by atoms with E-state index in [9.17, 15) is 0 Å². The summed E-state index contributed by atoms with van der Waals surface area (Å²) in [6.45, 7) is 0. The van der Waals surface area contributed by atoms with E-state index in [4.69, 9.17) is 9.40 Å². The van der Waals surface area contributed by atoms with Crippen LogP contribution in [0.1, 0.15) is 0 Å². The smallest absolute Gasteiger partial charge is 0.227 e. The summed E-state index contributed by atoms with van der Waals surface area (Å²) in [4.78, 5) is 4.87. The van der Waals surface area contributed by atoms with Gasteiger partial charge in [-0.3, -0.25) is 0 Å². The highest BCUT2D eigenvalue weighted by molar-refractivity contribution is 6.23. The molecule has 0 atom stereocenters. The van der Waals surface area contributed by atoms with Crippen LogP contribution in [0.2, 0.25) is 0 Å². The molecule has 0 unspecified atom stereocenters. The molecule has 9 aromatic rings. The van der Waals surface area contributed by atoms with Crippen molar-refractivity contribution >= 4 is 54.2 Å². The molecule has 9 rings (SSSR count). The van der Waals surface area contributed by atoms with E-state index in [1.54, 1.807) is 0 Å². The van der Waals surface area contributed by atoms with Crippen molar-refractivity contribution in [2.24, 2.45) is 0 Å². The summed E-state index contributed by atoms with van der Waals surface area (Å²) in [6.07, 6.45) is 0. The number of rotatable bonds is 3. The molecule has 2 heteroatoms. The second-order valence-electron chi connectivity index (χ2n) is 11.1. The van der Waals surface area contributed by atoms with Gasteiger partial charge in [-0.1, -0.05) is 127 Å². The Hall–Kier alpha value is -5.73. The van der Waals surface area contributed by atoms with Crippen LogP contribution in [0.3, 0.4) is 0 Å². The second-order valence-corrected chi connectivity index (χ2v) is 11.1. The first-order chi connectivity index (χ1) is 21.3. The van der Waals surface area contributed by atoms with Crippen molar-refractivity contribution in [1.82, 2.24) is 4.98 Å². The van der Waals surface area contributed by atoms with E-state index in [1.807, 2.05) is 30.3 Å². The monoisotopic (exact) mass is 547 g/mol. The fourth-order valence-corrected chi connectivity index (χ4v) is 6.74. The Labute approximate surface area is 248 Å². The van der Waals surface area contributed by atoms with Gasteiger partial charge in [0.2, 0.25) is 5.89 Å². The Morgan fingerprint density at radius 3 is 1.56 bits per heavy atom. The van der Waals surface area contributed by atoms with Crippen molar-refractivity contribution in [3.8, 4) is 33.7 Å². The number of benzene rings is 8. The molecule has 43 heavy (non-hydrogen) atoms. The fraction of sp³-hybridized carbons (Fsp3) is 0. The molecular weight excluding hydrogens is 522 g/mol. The average Bonchev–Trinajstić information content (AvgIpc) is 3.52. The van der Waals surface area contributed by atoms with Gasteiger partial charge >= 0.3 is 0 Å². The Bertz CT molecular complexity index is 2430. The van der Waals surface area contributed by atoms with E-state index in [-0.39, 0.29) is 0 Å². The van der Waals surface area contributed by atoms with Gasteiger partial charge in [-0.15, -0.1) is 0 Å². The summed E-state index contributed by atoms with van der Waals surface area (Å²) in [5.41, 5.74) is 7.61. The summed E-state index contributed by atoms with van der Waals surface area (Å²) in [5.74, 6) is 0.643. The molecule has 0 amide bonds. The second kappa shape index (κ2) is 9.40. The molecule has 0 saturated carbocycles. The summed E-state index contributed by atoms with van der Waals surface area (Å²) < 4.78 is 6.52.